The zero-order chi connectivity index (χ0) is 15.2. The predicted octanol–water partition coefficient (Wildman–Crippen LogP) is 4.06. The summed E-state index contributed by atoms with van der Waals surface area (Å²) in [6.45, 7) is 5.28. The molecule has 21 heavy (non-hydrogen) atoms. The van der Waals surface area contributed by atoms with Crippen LogP contribution in [0.15, 0.2) is 30.5 Å². The third-order valence-corrected chi connectivity index (χ3v) is 4.26. The van der Waals surface area contributed by atoms with Gasteiger partial charge >= 0.3 is 0 Å². The van der Waals surface area contributed by atoms with Crippen LogP contribution in [-0.2, 0) is 13.5 Å². The van der Waals surface area contributed by atoms with E-state index in [-0.39, 0.29) is 0 Å². The molecule has 114 valence electrons. The first-order valence-corrected chi connectivity index (χ1v) is 7.96. The number of aromatic nitrogens is 2. The fraction of sp³-hybridized carbons (Fsp3) is 0.471. The van der Waals surface area contributed by atoms with Crippen LogP contribution in [0.4, 0.5) is 0 Å². The van der Waals surface area contributed by atoms with Crippen molar-refractivity contribution < 1.29 is 0 Å². The van der Waals surface area contributed by atoms with Crippen molar-refractivity contribution in [3.05, 3.63) is 52.3 Å². The molecule has 0 saturated carbocycles. The number of hydrogen-bond donors (Lipinski definition) is 1. The second-order valence-electron chi connectivity index (χ2n) is 5.50. The van der Waals surface area contributed by atoms with Gasteiger partial charge in [-0.05, 0) is 56.0 Å². The van der Waals surface area contributed by atoms with E-state index >= 15 is 0 Å². The van der Waals surface area contributed by atoms with Gasteiger partial charge in [-0.3, -0.25) is 4.68 Å². The number of nitrogens with one attached hydrogen (secondary N) is 1. The van der Waals surface area contributed by atoms with Gasteiger partial charge in [0.1, 0.15) is 0 Å². The summed E-state index contributed by atoms with van der Waals surface area (Å²) in [5.41, 5.74) is 3.72. The van der Waals surface area contributed by atoms with Crippen LogP contribution in [0.2, 0.25) is 5.02 Å². The molecule has 4 heteroatoms. The Labute approximate surface area is 132 Å². The molecule has 2 aromatic rings. The van der Waals surface area contributed by atoms with Gasteiger partial charge in [0.25, 0.3) is 0 Å². The summed E-state index contributed by atoms with van der Waals surface area (Å²) in [6.07, 6.45) is 5.06. The minimum absolute atomic E-state index is 0.357. The van der Waals surface area contributed by atoms with Gasteiger partial charge in [-0.1, -0.05) is 30.7 Å². The Morgan fingerprint density at radius 1 is 1.33 bits per heavy atom. The van der Waals surface area contributed by atoms with Crippen LogP contribution in [0.1, 0.15) is 42.6 Å². The maximum atomic E-state index is 6.14. The van der Waals surface area contributed by atoms with E-state index in [1.807, 2.05) is 24.0 Å². The topological polar surface area (TPSA) is 29.9 Å². The first kappa shape index (κ1) is 16.1. The second-order valence-corrected chi connectivity index (χ2v) is 5.91. The predicted molar refractivity (Wildman–Crippen MR) is 88.8 cm³/mol. The summed E-state index contributed by atoms with van der Waals surface area (Å²) >= 11 is 6.14. The molecule has 0 bridgehead atoms. The largest absolute Gasteiger partial charge is 0.310 e. The highest BCUT2D eigenvalue weighted by atomic mass is 35.5. The van der Waals surface area contributed by atoms with Crippen molar-refractivity contribution in [2.45, 2.75) is 39.2 Å². The van der Waals surface area contributed by atoms with Gasteiger partial charge in [-0.25, -0.2) is 0 Å². The molecule has 0 aliphatic heterocycles. The molecule has 1 aromatic carbocycles. The van der Waals surface area contributed by atoms with E-state index < -0.39 is 0 Å². The summed E-state index contributed by atoms with van der Waals surface area (Å²) < 4.78 is 1.95. The van der Waals surface area contributed by atoms with E-state index in [0.29, 0.717) is 6.04 Å². The Morgan fingerprint density at radius 2 is 2.14 bits per heavy atom. The smallest absolute Gasteiger partial charge is 0.0492 e. The van der Waals surface area contributed by atoms with E-state index in [0.717, 1.165) is 36.4 Å². The standard InChI is InChI=1S/C17H24ClN3/c1-4-10-19-17(8-6-15-9-11-20-21(15)3)14-5-7-16(18)13(2)12-14/h5,7,9,11-12,17,19H,4,6,8,10H2,1-3H3. The van der Waals surface area contributed by atoms with Crippen LogP contribution in [0.25, 0.3) is 0 Å². The Balaban J connectivity index is 2.09. The van der Waals surface area contributed by atoms with E-state index in [1.165, 1.54) is 11.3 Å². The zero-order valence-electron chi connectivity index (χ0n) is 13.1. The molecule has 0 fully saturated rings. The first-order valence-electron chi connectivity index (χ1n) is 7.58. The van der Waals surface area contributed by atoms with Gasteiger partial charge in [0, 0.05) is 30.0 Å². The van der Waals surface area contributed by atoms with E-state index in [1.54, 1.807) is 0 Å². The van der Waals surface area contributed by atoms with Crippen LogP contribution < -0.4 is 5.32 Å². The minimum Gasteiger partial charge on any atom is -0.310 e. The second kappa shape index (κ2) is 7.62. The van der Waals surface area contributed by atoms with Gasteiger partial charge in [0.15, 0.2) is 0 Å². The average molecular weight is 306 g/mol. The molecule has 0 spiro atoms. The summed E-state index contributed by atoms with van der Waals surface area (Å²) in [7, 11) is 2.00. The molecule has 3 nitrogen and oxygen atoms in total. The first-order chi connectivity index (χ1) is 10.1. The van der Waals surface area contributed by atoms with Gasteiger partial charge in [-0.2, -0.15) is 5.10 Å². The molecular formula is C17H24ClN3. The summed E-state index contributed by atoms with van der Waals surface area (Å²) in [5, 5.41) is 8.71. The van der Waals surface area contributed by atoms with Crippen LogP contribution in [0.3, 0.4) is 0 Å². The maximum absolute atomic E-state index is 6.14. The Hall–Kier alpha value is -1.32. The summed E-state index contributed by atoms with van der Waals surface area (Å²) in [4.78, 5) is 0. The van der Waals surface area contributed by atoms with Crippen molar-refractivity contribution in [1.82, 2.24) is 15.1 Å². The molecular weight excluding hydrogens is 282 g/mol. The molecule has 1 atom stereocenters. The van der Waals surface area contributed by atoms with Crippen molar-refractivity contribution in [3.8, 4) is 0 Å². The van der Waals surface area contributed by atoms with E-state index in [2.05, 4.69) is 42.5 Å². The lowest BCUT2D eigenvalue weighted by Gasteiger charge is -2.20. The number of rotatable bonds is 7. The molecule has 1 heterocycles. The summed E-state index contributed by atoms with van der Waals surface area (Å²) in [5.74, 6) is 0. The van der Waals surface area contributed by atoms with Crippen LogP contribution in [-0.4, -0.2) is 16.3 Å². The molecule has 0 aliphatic rings. The van der Waals surface area contributed by atoms with E-state index in [9.17, 15) is 0 Å². The molecule has 1 unspecified atom stereocenters. The molecule has 0 amide bonds. The number of benzene rings is 1. The van der Waals surface area contributed by atoms with Gasteiger partial charge < -0.3 is 5.32 Å². The lowest BCUT2D eigenvalue weighted by Crippen LogP contribution is -2.23. The monoisotopic (exact) mass is 305 g/mol. The Kier molecular flexibility index (Phi) is 5.83. The van der Waals surface area contributed by atoms with Gasteiger partial charge in [-0.15, -0.1) is 0 Å². The third kappa shape index (κ3) is 4.32. The molecule has 1 aromatic heterocycles. The zero-order valence-corrected chi connectivity index (χ0v) is 13.8. The van der Waals surface area contributed by atoms with Crippen LogP contribution in [0.5, 0.6) is 0 Å². The van der Waals surface area contributed by atoms with Crippen LogP contribution >= 0.6 is 11.6 Å². The molecule has 1 N–H and O–H groups in total. The highest BCUT2D eigenvalue weighted by Gasteiger charge is 2.13. The number of hydrogen-bond acceptors (Lipinski definition) is 2. The highest BCUT2D eigenvalue weighted by molar-refractivity contribution is 6.31. The van der Waals surface area contributed by atoms with Crippen molar-refractivity contribution >= 4 is 11.6 Å². The fourth-order valence-electron chi connectivity index (χ4n) is 2.53. The molecule has 2 rings (SSSR count). The lowest BCUT2D eigenvalue weighted by atomic mass is 9.99. The average Bonchev–Trinajstić information content (AvgIpc) is 2.88. The number of nitrogens with zero attached hydrogens (tertiary/aromatic N) is 2. The Morgan fingerprint density at radius 3 is 2.76 bits per heavy atom. The summed E-state index contributed by atoms with van der Waals surface area (Å²) in [6, 6.07) is 8.77. The Bertz CT molecular complexity index is 577. The molecule has 0 saturated heterocycles. The van der Waals surface area contributed by atoms with Crippen LogP contribution in [0, 0.1) is 6.92 Å². The molecule has 0 radical (unpaired) electrons. The van der Waals surface area contributed by atoms with Gasteiger partial charge in [0.2, 0.25) is 0 Å². The van der Waals surface area contributed by atoms with Crippen molar-refractivity contribution in [3.63, 3.8) is 0 Å². The lowest BCUT2D eigenvalue weighted by molar-refractivity contribution is 0.491. The van der Waals surface area contributed by atoms with Crippen molar-refractivity contribution in [1.29, 1.82) is 0 Å². The highest BCUT2D eigenvalue weighted by Crippen LogP contribution is 2.24. The SMILES string of the molecule is CCCNC(CCc1ccnn1C)c1ccc(Cl)c(C)c1. The van der Waals surface area contributed by atoms with E-state index in [4.69, 9.17) is 11.6 Å². The number of aryl methyl sites for hydroxylation is 3. The van der Waals surface area contributed by atoms with Crippen molar-refractivity contribution in [2.75, 3.05) is 6.54 Å². The van der Waals surface area contributed by atoms with Crippen molar-refractivity contribution in [2.24, 2.45) is 7.05 Å². The third-order valence-electron chi connectivity index (χ3n) is 3.84. The quantitative estimate of drug-likeness (QED) is 0.836. The fourth-order valence-corrected chi connectivity index (χ4v) is 2.65. The normalized spacial score (nSPS) is 12.6. The molecule has 0 aliphatic carbocycles. The minimum atomic E-state index is 0.357. The maximum Gasteiger partial charge on any atom is 0.0492 e. The van der Waals surface area contributed by atoms with Gasteiger partial charge in [0.05, 0.1) is 0 Å². The number of halogens is 1.